The second-order valence-electron chi connectivity index (χ2n) is 6.43. The van der Waals surface area contributed by atoms with E-state index in [1.54, 1.807) is 35.2 Å². The molecule has 26 heavy (non-hydrogen) atoms. The average molecular weight is 352 g/mol. The van der Waals surface area contributed by atoms with Crippen molar-refractivity contribution < 1.29 is 14.3 Å². The molecule has 2 aromatic carbocycles. The van der Waals surface area contributed by atoms with Crippen molar-refractivity contribution in [3.63, 3.8) is 0 Å². The molecule has 0 radical (unpaired) electrons. The van der Waals surface area contributed by atoms with Gasteiger partial charge >= 0.3 is 0 Å². The van der Waals surface area contributed by atoms with Gasteiger partial charge in [0.1, 0.15) is 17.7 Å². The first-order valence-electron chi connectivity index (χ1n) is 8.29. The summed E-state index contributed by atoms with van der Waals surface area (Å²) < 4.78 is 13.1. The fraction of sp³-hybridized carbons (Fsp3) is 0.211. The van der Waals surface area contributed by atoms with E-state index in [4.69, 9.17) is 0 Å². The summed E-state index contributed by atoms with van der Waals surface area (Å²) in [6, 6.07) is 12.9. The van der Waals surface area contributed by atoms with Crippen molar-refractivity contribution in [1.29, 1.82) is 0 Å². The first-order valence-corrected chi connectivity index (χ1v) is 8.29. The molecule has 0 saturated carbocycles. The van der Waals surface area contributed by atoms with E-state index in [1.807, 2.05) is 6.07 Å². The smallest absolute Gasteiger partial charge is 0.253 e. The molecule has 0 spiro atoms. The lowest BCUT2D eigenvalue weighted by molar-refractivity contribution is 0.0417. The first-order chi connectivity index (χ1) is 12.5. The van der Waals surface area contributed by atoms with Crippen LogP contribution in [0.5, 0.6) is 0 Å². The highest BCUT2D eigenvalue weighted by molar-refractivity contribution is 5.95. The lowest BCUT2D eigenvalue weighted by Crippen LogP contribution is -2.34. The minimum Gasteiger partial charge on any atom is -0.383 e. The van der Waals surface area contributed by atoms with Crippen LogP contribution >= 0.6 is 0 Å². The molecule has 1 aromatic heterocycles. The number of benzene rings is 2. The van der Waals surface area contributed by atoms with Crippen LogP contribution in [0.4, 0.5) is 4.39 Å². The van der Waals surface area contributed by atoms with E-state index < -0.39 is 5.60 Å². The van der Waals surface area contributed by atoms with Gasteiger partial charge in [0.25, 0.3) is 5.91 Å². The van der Waals surface area contributed by atoms with Gasteiger partial charge in [-0.15, -0.1) is 0 Å². The second kappa shape index (κ2) is 6.34. The Hall–Kier alpha value is -3.06. The van der Waals surface area contributed by atoms with Crippen molar-refractivity contribution in [3.8, 4) is 11.4 Å². The molecule has 2 N–H and O–H groups in total. The number of aromatic nitrogens is 3. The molecule has 0 bridgehead atoms. The molecule has 3 aromatic rings. The van der Waals surface area contributed by atoms with E-state index in [2.05, 4.69) is 15.2 Å². The van der Waals surface area contributed by atoms with E-state index in [9.17, 15) is 14.3 Å². The predicted octanol–water partition coefficient (Wildman–Crippen LogP) is 2.34. The molecule has 132 valence electrons. The van der Waals surface area contributed by atoms with Gasteiger partial charge in [-0.3, -0.25) is 9.89 Å². The summed E-state index contributed by atoms with van der Waals surface area (Å²) in [6.07, 6.45) is 1.82. The summed E-state index contributed by atoms with van der Waals surface area (Å²) in [7, 11) is 0. The van der Waals surface area contributed by atoms with E-state index in [1.165, 1.54) is 18.5 Å². The zero-order valence-electron chi connectivity index (χ0n) is 13.9. The maximum atomic E-state index is 13.1. The summed E-state index contributed by atoms with van der Waals surface area (Å²) >= 11 is 0. The van der Waals surface area contributed by atoms with E-state index in [0.717, 1.165) is 5.56 Å². The number of β-amino-alcohol motifs (C(OH)–C–C–N with tert-alkyl or cyclic N) is 1. The van der Waals surface area contributed by atoms with Gasteiger partial charge in [-0.25, -0.2) is 9.37 Å². The maximum Gasteiger partial charge on any atom is 0.253 e. The Morgan fingerprint density at radius 3 is 2.77 bits per heavy atom. The van der Waals surface area contributed by atoms with Gasteiger partial charge < -0.3 is 10.0 Å². The number of aliphatic hydroxyl groups is 1. The molecule has 4 rings (SSSR count). The molecular formula is C19H17FN4O2. The summed E-state index contributed by atoms with van der Waals surface area (Å²) in [6.45, 7) is 0.600. The molecule has 0 aliphatic carbocycles. The molecule has 1 saturated heterocycles. The quantitative estimate of drug-likeness (QED) is 0.758. The Bertz CT molecular complexity index is 927. The predicted molar refractivity (Wildman–Crippen MR) is 92.6 cm³/mol. The van der Waals surface area contributed by atoms with Crippen molar-refractivity contribution in [2.24, 2.45) is 0 Å². The Morgan fingerprint density at radius 1 is 1.23 bits per heavy atom. The topological polar surface area (TPSA) is 82.1 Å². The van der Waals surface area contributed by atoms with E-state index in [-0.39, 0.29) is 18.3 Å². The van der Waals surface area contributed by atoms with Crippen LogP contribution in [0.25, 0.3) is 11.4 Å². The lowest BCUT2D eigenvalue weighted by atomic mass is 9.93. The number of nitrogens with zero attached hydrogens (tertiary/aromatic N) is 3. The van der Waals surface area contributed by atoms with Crippen LogP contribution in [0.1, 0.15) is 22.3 Å². The van der Waals surface area contributed by atoms with Gasteiger partial charge in [-0.05, 0) is 36.2 Å². The summed E-state index contributed by atoms with van der Waals surface area (Å²) in [4.78, 5) is 18.6. The number of rotatable bonds is 3. The second-order valence-corrected chi connectivity index (χ2v) is 6.43. The fourth-order valence-corrected chi connectivity index (χ4v) is 3.29. The van der Waals surface area contributed by atoms with Gasteiger partial charge in [-0.2, -0.15) is 5.10 Å². The van der Waals surface area contributed by atoms with Crippen molar-refractivity contribution in [1.82, 2.24) is 20.1 Å². The molecule has 7 heteroatoms. The van der Waals surface area contributed by atoms with Crippen molar-refractivity contribution >= 4 is 5.91 Å². The minimum absolute atomic E-state index is 0.163. The number of amides is 1. The normalized spacial score (nSPS) is 19.7. The third-order valence-electron chi connectivity index (χ3n) is 4.71. The highest BCUT2D eigenvalue weighted by Crippen LogP contribution is 2.33. The third kappa shape index (κ3) is 2.97. The zero-order valence-corrected chi connectivity index (χ0v) is 13.9. The largest absolute Gasteiger partial charge is 0.383 e. The number of hydrogen-bond donors (Lipinski definition) is 2. The summed E-state index contributed by atoms with van der Waals surface area (Å²) in [5.74, 6) is 0.0702. The molecule has 1 unspecified atom stereocenters. The van der Waals surface area contributed by atoms with Crippen molar-refractivity contribution in [3.05, 3.63) is 71.8 Å². The Morgan fingerprint density at radius 2 is 2.04 bits per heavy atom. The number of hydrogen-bond acceptors (Lipinski definition) is 4. The number of aromatic amines is 1. The van der Waals surface area contributed by atoms with Crippen LogP contribution in [-0.2, 0) is 5.60 Å². The SMILES string of the molecule is O=C(c1cccc(-c2ncn[nH]2)c1)N1CCC(O)(c2ccc(F)cc2)C1. The Balaban J connectivity index is 1.55. The number of carbonyl (C=O) groups is 1. The van der Waals surface area contributed by atoms with Crippen molar-refractivity contribution in [2.75, 3.05) is 13.1 Å². The van der Waals surface area contributed by atoms with Crippen LogP contribution in [0, 0.1) is 5.82 Å². The average Bonchev–Trinajstić information content (AvgIpc) is 3.32. The number of carbonyl (C=O) groups excluding carboxylic acids is 1. The summed E-state index contributed by atoms with van der Waals surface area (Å²) in [5.41, 5.74) is 0.736. The first kappa shape index (κ1) is 16.4. The zero-order chi connectivity index (χ0) is 18.1. The number of halogens is 1. The maximum absolute atomic E-state index is 13.1. The van der Waals surface area contributed by atoms with E-state index in [0.29, 0.717) is 29.9 Å². The van der Waals surface area contributed by atoms with Crippen LogP contribution in [0.3, 0.4) is 0 Å². The minimum atomic E-state index is -1.16. The molecule has 6 nitrogen and oxygen atoms in total. The Kier molecular flexibility index (Phi) is 4.00. The lowest BCUT2D eigenvalue weighted by Gasteiger charge is -2.24. The fourth-order valence-electron chi connectivity index (χ4n) is 3.29. The van der Waals surface area contributed by atoms with Gasteiger partial charge in [0.05, 0.1) is 6.54 Å². The van der Waals surface area contributed by atoms with Crippen molar-refractivity contribution in [2.45, 2.75) is 12.0 Å². The number of likely N-dealkylation sites (tertiary alicyclic amines) is 1. The summed E-state index contributed by atoms with van der Waals surface area (Å²) in [5, 5.41) is 17.5. The van der Waals surface area contributed by atoms with Gasteiger partial charge in [0.2, 0.25) is 0 Å². The van der Waals surface area contributed by atoms with Crippen LogP contribution in [0.15, 0.2) is 54.9 Å². The highest BCUT2D eigenvalue weighted by Gasteiger charge is 2.39. The van der Waals surface area contributed by atoms with Crippen LogP contribution in [-0.4, -0.2) is 44.2 Å². The number of H-pyrrole nitrogens is 1. The molecule has 1 aliphatic rings. The molecule has 1 fully saturated rings. The monoisotopic (exact) mass is 352 g/mol. The third-order valence-corrected chi connectivity index (χ3v) is 4.71. The van der Waals surface area contributed by atoms with Gasteiger partial charge in [0.15, 0.2) is 5.82 Å². The molecule has 1 atom stereocenters. The molecular weight excluding hydrogens is 335 g/mol. The highest BCUT2D eigenvalue weighted by atomic mass is 19.1. The Labute approximate surface area is 149 Å². The standard InChI is InChI=1S/C19H17FN4O2/c20-16-6-4-15(5-7-16)19(26)8-9-24(11-19)18(25)14-3-1-2-13(10-14)17-21-12-22-23-17/h1-7,10,12,26H,8-9,11H2,(H,21,22,23). The molecule has 1 aliphatic heterocycles. The number of nitrogens with one attached hydrogen (secondary N) is 1. The van der Waals surface area contributed by atoms with Gasteiger partial charge in [-0.1, -0.05) is 24.3 Å². The van der Waals surface area contributed by atoms with Gasteiger partial charge in [0, 0.05) is 17.7 Å². The van der Waals surface area contributed by atoms with Crippen LogP contribution < -0.4 is 0 Å². The van der Waals surface area contributed by atoms with E-state index >= 15 is 0 Å². The molecule has 1 amide bonds. The van der Waals surface area contributed by atoms with Crippen LogP contribution in [0.2, 0.25) is 0 Å². The molecule has 2 heterocycles.